The van der Waals surface area contributed by atoms with Gasteiger partial charge >= 0.3 is 0 Å². The highest BCUT2D eigenvalue weighted by molar-refractivity contribution is 5.98. The number of aromatic nitrogens is 1. The maximum atomic E-state index is 12.9. The van der Waals surface area contributed by atoms with Gasteiger partial charge in [0.2, 0.25) is 5.91 Å². The fourth-order valence-electron chi connectivity index (χ4n) is 4.19. The molecule has 3 unspecified atom stereocenters. The van der Waals surface area contributed by atoms with Crippen LogP contribution in [0.4, 0.5) is 0 Å². The van der Waals surface area contributed by atoms with Crippen LogP contribution in [0.5, 0.6) is 0 Å². The van der Waals surface area contributed by atoms with Gasteiger partial charge in [-0.3, -0.25) is 9.59 Å². The van der Waals surface area contributed by atoms with Crippen molar-refractivity contribution in [1.29, 1.82) is 5.26 Å². The van der Waals surface area contributed by atoms with E-state index in [0.29, 0.717) is 17.9 Å². The molecular weight excluding hydrogens is 364 g/mol. The molecule has 1 aliphatic carbocycles. The Labute approximate surface area is 172 Å². The van der Waals surface area contributed by atoms with Gasteiger partial charge in [-0.25, -0.2) is 0 Å². The molecule has 0 radical (unpaired) electrons. The minimum atomic E-state index is -0.485. The van der Waals surface area contributed by atoms with Crippen molar-refractivity contribution in [3.8, 4) is 6.07 Å². The second-order valence-electron chi connectivity index (χ2n) is 8.49. The summed E-state index contributed by atoms with van der Waals surface area (Å²) in [5.74, 6) is -0.244. The van der Waals surface area contributed by atoms with Crippen molar-refractivity contribution < 1.29 is 9.59 Å². The van der Waals surface area contributed by atoms with E-state index in [9.17, 15) is 14.9 Å². The van der Waals surface area contributed by atoms with Crippen LogP contribution in [0.2, 0.25) is 0 Å². The minimum absolute atomic E-state index is 0.124. The van der Waals surface area contributed by atoms with Crippen LogP contribution in [-0.2, 0) is 11.8 Å². The number of fused-ring (bicyclic) bond motifs is 1. The number of hydrogen-bond acceptors (Lipinski definition) is 3. The molecule has 0 saturated heterocycles. The fraction of sp³-hybridized carbons (Fsp3) is 0.522. The molecule has 1 fully saturated rings. The molecule has 6 heteroatoms. The molecule has 2 aromatic rings. The van der Waals surface area contributed by atoms with Crippen LogP contribution in [0.15, 0.2) is 30.5 Å². The van der Waals surface area contributed by atoms with Crippen LogP contribution in [0, 0.1) is 23.2 Å². The van der Waals surface area contributed by atoms with Crippen molar-refractivity contribution in [3.05, 3.63) is 36.0 Å². The first-order chi connectivity index (χ1) is 13.9. The predicted octanol–water partition coefficient (Wildman–Crippen LogP) is 3.52. The summed E-state index contributed by atoms with van der Waals surface area (Å²) in [6.07, 6.45) is 6.05. The Kier molecular flexibility index (Phi) is 6.58. The lowest BCUT2D eigenvalue weighted by Gasteiger charge is -2.32. The molecule has 154 valence electrons. The van der Waals surface area contributed by atoms with Gasteiger partial charge in [-0.1, -0.05) is 26.7 Å². The molecule has 1 aromatic heterocycles. The fourth-order valence-corrected chi connectivity index (χ4v) is 4.19. The van der Waals surface area contributed by atoms with Crippen molar-refractivity contribution >= 4 is 22.7 Å². The standard InChI is InChI=1S/C23H30N4O2/c1-15(2)12-18(14-24)25-23(29)19-6-4-5-7-20(19)26-22(28)17-8-9-21-16(13-17)10-11-27(21)3/h8-11,13,15,18-20H,4-7,12H2,1-3H3,(H,25,29)(H,26,28). The average Bonchev–Trinajstić information content (AvgIpc) is 3.07. The minimum Gasteiger partial charge on any atom is -0.351 e. The van der Waals surface area contributed by atoms with Gasteiger partial charge in [0.1, 0.15) is 6.04 Å². The van der Waals surface area contributed by atoms with E-state index in [1.807, 2.05) is 55.9 Å². The molecule has 1 saturated carbocycles. The molecule has 1 aromatic carbocycles. The summed E-state index contributed by atoms with van der Waals surface area (Å²) in [6.45, 7) is 4.06. The van der Waals surface area contributed by atoms with Crippen LogP contribution in [-0.4, -0.2) is 28.5 Å². The topological polar surface area (TPSA) is 86.9 Å². The van der Waals surface area contributed by atoms with Crippen molar-refractivity contribution in [2.45, 2.75) is 58.0 Å². The Morgan fingerprint density at radius 1 is 1.24 bits per heavy atom. The average molecular weight is 395 g/mol. The summed E-state index contributed by atoms with van der Waals surface area (Å²) in [5.41, 5.74) is 1.67. The number of aryl methyl sites for hydroxylation is 1. The second-order valence-corrected chi connectivity index (χ2v) is 8.49. The van der Waals surface area contributed by atoms with Gasteiger partial charge in [-0.2, -0.15) is 5.26 Å². The summed E-state index contributed by atoms with van der Waals surface area (Å²) in [7, 11) is 1.97. The van der Waals surface area contributed by atoms with E-state index in [0.717, 1.165) is 36.6 Å². The molecule has 1 aliphatic rings. The van der Waals surface area contributed by atoms with E-state index in [2.05, 4.69) is 16.7 Å². The number of benzene rings is 1. The molecule has 2 amide bonds. The summed E-state index contributed by atoms with van der Waals surface area (Å²) in [4.78, 5) is 25.7. The van der Waals surface area contributed by atoms with Crippen molar-refractivity contribution in [2.24, 2.45) is 18.9 Å². The molecule has 3 rings (SSSR count). The zero-order valence-corrected chi connectivity index (χ0v) is 17.4. The van der Waals surface area contributed by atoms with E-state index in [1.165, 1.54) is 0 Å². The molecule has 29 heavy (non-hydrogen) atoms. The third kappa shape index (κ3) is 4.97. The van der Waals surface area contributed by atoms with Gasteiger partial charge < -0.3 is 15.2 Å². The zero-order valence-electron chi connectivity index (χ0n) is 17.4. The van der Waals surface area contributed by atoms with Crippen LogP contribution >= 0.6 is 0 Å². The lowest BCUT2D eigenvalue weighted by atomic mass is 9.83. The zero-order chi connectivity index (χ0) is 21.0. The number of carbonyl (C=O) groups is 2. The van der Waals surface area contributed by atoms with E-state index in [-0.39, 0.29) is 23.8 Å². The van der Waals surface area contributed by atoms with Crippen molar-refractivity contribution in [3.63, 3.8) is 0 Å². The number of amides is 2. The van der Waals surface area contributed by atoms with Gasteiger partial charge in [0.05, 0.1) is 12.0 Å². The van der Waals surface area contributed by atoms with Gasteiger partial charge in [0, 0.05) is 35.8 Å². The van der Waals surface area contributed by atoms with Crippen molar-refractivity contribution in [1.82, 2.24) is 15.2 Å². The molecule has 0 spiro atoms. The molecule has 0 bridgehead atoms. The van der Waals surface area contributed by atoms with E-state index in [1.54, 1.807) is 0 Å². The number of nitrogens with zero attached hydrogens (tertiary/aromatic N) is 2. The smallest absolute Gasteiger partial charge is 0.251 e. The number of nitrogens with one attached hydrogen (secondary N) is 2. The Morgan fingerprint density at radius 2 is 2.00 bits per heavy atom. The van der Waals surface area contributed by atoms with Gasteiger partial charge in [-0.15, -0.1) is 0 Å². The Balaban J connectivity index is 1.69. The number of hydrogen-bond donors (Lipinski definition) is 2. The number of nitriles is 1. The van der Waals surface area contributed by atoms with Crippen LogP contribution in [0.25, 0.3) is 10.9 Å². The summed E-state index contributed by atoms with van der Waals surface area (Å²) >= 11 is 0. The Morgan fingerprint density at radius 3 is 2.72 bits per heavy atom. The van der Waals surface area contributed by atoms with E-state index < -0.39 is 6.04 Å². The predicted molar refractivity (Wildman–Crippen MR) is 113 cm³/mol. The Hall–Kier alpha value is -2.81. The van der Waals surface area contributed by atoms with Gasteiger partial charge in [0.25, 0.3) is 5.91 Å². The normalized spacial score (nSPS) is 20.2. The SMILES string of the molecule is CC(C)CC(C#N)NC(=O)C1CCCCC1NC(=O)c1ccc2c(ccn2C)c1. The highest BCUT2D eigenvalue weighted by Crippen LogP contribution is 2.26. The molecule has 3 atom stereocenters. The third-order valence-corrected chi connectivity index (χ3v) is 5.75. The Bertz CT molecular complexity index is 925. The van der Waals surface area contributed by atoms with Gasteiger partial charge in [0.15, 0.2) is 0 Å². The molecule has 6 nitrogen and oxygen atoms in total. The molecular formula is C23H30N4O2. The van der Waals surface area contributed by atoms with E-state index in [4.69, 9.17) is 0 Å². The number of carbonyl (C=O) groups excluding carboxylic acids is 2. The summed E-state index contributed by atoms with van der Waals surface area (Å²) < 4.78 is 2.02. The highest BCUT2D eigenvalue weighted by Gasteiger charge is 2.33. The first kappa shape index (κ1) is 20.9. The highest BCUT2D eigenvalue weighted by atomic mass is 16.2. The molecule has 2 N–H and O–H groups in total. The van der Waals surface area contributed by atoms with Crippen molar-refractivity contribution in [2.75, 3.05) is 0 Å². The molecule has 0 aliphatic heterocycles. The quantitative estimate of drug-likeness (QED) is 0.786. The summed E-state index contributed by atoms with van der Waals surface area (Å²) in [5, 5.41) is 16.3. The largest absolute Gasteiger partial charge is 0.351 e. The van der Waals surface area contributed by atoms with E-state index >= 15 is 0 Å². The lowest BCUT2D eigenvalue weighted by molar-refractivity contribution is -0.127. The number of rotatable bonds is 6. The summed E-state index contributed by atoms with van der Waals surface area (Å²) in [6, 6.07) is 9.13. The molecule has 1 heterocycles. The monoisotopic (exact) mass is 394 g/mol. The first-order valence-corrected chi connectivity index (χ1v) is 10.4. The lowest BCUT2D eigenvalue weighted by Crippen LogP contribution is -2.50. The third-order valence-electron chi connectivity index (χ3n) is 5.75. The van der Waals surface area contributed by atoms with Crippen LogP contribution in [0.1, 0.15) is 56.3 Å². The second kappa shape index (κ2) is 9.13. The van der Waals surface area contributed by atoms with Crippen LogP contribution < -0.4 is 10.6 Å². The van der Waals surface area contributed by atoms with Gasteiger partial charge in [-0.05, 0) is 49.4 Å². The maximum absolute atomic E-state index is 12.9. The first-order valence-electron chi connectivity index (χ1n) is 10.4. The maximum Gasteiger partial charge on any atom is 0.251 e. The van der Waals surface area contributed by atoms with Crippen LogP contribution in [0.3, 0.4) is 0 Å².